The zero-order valence-corrected chi connectivity index (χ0v) is 11.0. The van der Waals surface area contributed by atoms with Crippen molar-refractivity contribution in [2.75, 3.05) is 17.3 Å². The summed E-state index contributed by atoms with van der Waals surface area (Å²) in [5, 5.41) is 0.364. The minimum atomic E-state index is -0.00961. The van der Waals surface area contributed by atoms with Gasteiger partial charge in [-0.2, -0.15) is 11.8 Å². The van der Waals surface area contributed by atoms with Gasteiger partial charge in [0.1, 0.15) is 5.82 Å². The molecule has 1 aromatic heterocycles. The van der Waals surface area contributed by atoms with Crippen molar-refractivity contribution in [3.05, 3.63) is 27.9 Å². The van der Waals surface area contributed by atoms with Crippen LogP contribution in [0.5, 0.6) is 0 Å². The van der Waals surface area contributed by atoms with Gasteiger partial charge in [-0.3, -0.25) is 4.79 Å². The predicted molar refractivity (Wildman–Crippen MR) is 71.4 cm³/mol. The van der Waals surface area contributed by atoms with Gasteiger partial charge in [-0.05, 0) is 6.42 Å². The second-order valence-corrected chi connectivity index (χ2v) is 6.27. The standard InChI is InChI=1S/C11H16N2OS2/c1-2-3-8-6-10(14)13-11(12-8)9-7-15-4-5-16-9/h6,9H,2-5,7H2,1H3,(H,12,13,14). The predicted octanol–water partition coefficient (Wildman–Crippen LogP) is 2.24. The first-order chi connectivity index (χ1) is 7.79. The second-order valence-electron chi connectivity index (χ2n) is 3.81. The lowest BCUT2D eigenvalue weighted by Gasteiger charge is -2.20. The summed E-state index contributed by atoms with van der Waals surface area (Å²) < 4.78 is 0. The van der Waals surface area contributed by atoms with Gasteiger partial charge in [0.25, 0.3) is 5.56 Å². The summed E-state index contributed by atoms with van der Waals surface area (Å²) in [6.45, 7) is 2.10. The molecular formula is C11H16N2OS2. The molecule has 1 aliphatic heterocycles. The van der Waals surface area contributed by atoms with Gasteiger partial charge in [0, 0.05) is 29.0 Å². The minimum Gasteiger partial charge on any atom is -0.310 e. The Balaban J connectivity index is 2.21. The van der Waals surface area contributed by atoms with Crippen molar-refractivity contribution in [3.8, 4) is 0 Å². The molecule has 0 saturated carbocycles. The number of aromatic amines is 1. The molecule has 1 aliphatic rings. The Morgan fingerprint density at radius 3 is 3.12 bits per heavy atom. The summed E-state index contributed by atoms with van der Waals surface area (Å²) in [4.78, 5) is 18.9. The average Bonchev–Trinajstić information content (AvgIpc) is 2.30. The smallest absolute Gasteiger partial charge is 0.251 e. The molecule has 88 valence electrons. The molecule has 1 unspecified atom stereocenters. The van der Waals surface area contributed by atoms with E-state index >= 15 is 0 Å². The molecule has 1 fully saturated rings. The number of aryl methyl sites for hydroxylation is 1. The number of rotatable bonds is 3. The largest absolute Gasteiger partial charge is 0.310 e. The van der Waals surface area contributed by atoms with E-state index in [0.717, 1.165) is 35.9 Å². The molecule has 0 aromatic carbocycles. The second kappa shape index (κ2) is 5.77. The van der Waals surface area contributed by atoms with Crippen LogP contribution in [0, 0.1) is 0 Å². The Kier molecular flexibility index (Phi) is 4.35. The fourth-order valence-electron chi connectivity index (χ4n) is 1.71. The van der Waals surface area contributed by atoms with Crippen LogP contribution < -0.4 is 5.56 Å². The van der Waals surface area contributed by atoms with Gasteiger partial charge >= 0.3 is 0 Å². The van der Waals surface area contributed by atoms with E-state index in [0.29, 0.717) is 5.25 Å². The lowest BCUT2D eigenvalue weighted by molar-refractivity contribution is 0.819. The zero-order chi connectivity index (χ0) is 11.4. The molecule has 2 rings (SSSR count). The van der Waals surface area contributed by atoms with Crippen LogP contribution in [0.4, 0.5) is 0 Å². The van der Waals surface area contributed by atoms with Crippen molar-refractivity contribution in [1.29, 1.82) is 0 Å². The molecule has 0 spiro atoms. The van der Waals surface area contributed by atoms with Crippen molar-refractivity contribution < 1.29 is 0 Å². The van der Waals surface area contributed by atoms with Crippen LogP contribution in [0.15, 0.2) is 10.9 Å². The highest BCUT2D eigenvalue weighted by Crippen LogP contribution is 2.34. The van der Waals surface area contributed by atoms with Crippen LogP contribution in [0.1, 0.15) is 30.1 Å². The molecule has 0 radical (unpaired) electrons. The fraction of sp³-hybridized carbons (Fsp3) is 0.636. The first kappa shape index (κ1) is 12.0. The quantitative estimate of drug-likeness (QED) is 0.901. The van der Waals surface area contributed by atoms with Gasteiger partial charge in [0.05, 0.1) is 5.25 Å². The monoisotopic (exact) mass is 256 g/mol. The summed E-state index contributed by atoms with van der Waals surface area (Å²) in [7, 11) is 0. The summed E-state index contributed by atoms with van der Waals surface area (Å²) in [5.41, 5.74) is 0.919. The number of nitrogens with one attached hydrogen (secondary N) is 1. The molecule has 3 nitrogen and oxygen atoms in total. The van der Waals surface area contributed by atoms with Crippen LogP contribution in [0.2, 0.25) is 0 Å². The molecule has 2 heterocycles. The topological polar surface area (TPSA) is 45.8 Å². The maximum Gasteiger partial charge on any atom is 0.251 e. The van der Waals surface area contributed by atoms with E-state index in [2.05, 4.69) is 16.9 Å². The molecule has 0 aliphatic carbocycles. The number of thioether (sulfide) groups is 2. The molecule has 0 bridgehead atoms. The van der Waals surface area contributed by atoms with Crippen molar-refractivity contribution in [1.82, 2.24) is 9.97 Å². The van der Waals surface area contributed by atoms with Gasteiger partial charge in [-0.1, -0.05) is 13.3 Å². The van der Waals surface area contributed by atoms with E-state index in [1.807, 2.05) is 23.5 Å². The van der Waals surface area contributed by atoms with E-state index in [4.69, 9.17) is 0 Å². The average molecular weight is 256 g/mol. The first-order valence-electron chi connectivity index (χ1n) is 5.59. The van der Waals surface area contributed by atoms with Gasteiger partial charge in [0.2, 0.25) is 0 Å². The molecule has 0 amide bonds. The van der Waals surface area contributed by atoms with Crippen molar-refractivity contribution >= 4 is 23.5 Å². The van der Waals surface area contributed by atoms with Crippen LogP contribution in [-0.4, -0.2) is 27.2 Å². The SMILES string of the molecule is CCCc1cc(=O)[nH]c(C2CSCCS2)n1. The van der Waals surface area contributed by atoms with Gasteiger partial charge in [-0.15, -0.1) is 11.8 Å². The van der Waals surface area contributed by atoms with Gasteiger partial charge in [0.15, 0.2) is 0 Å². The Hall–Kier alpha value is -0.420. The van der Waals surface area contributed by atoms with Crippen molar-refractivity contribution in [3.63, 3.8) is 0 Å². The molecule has 1 N–H and O–H groups in total. The van der Waals surface area contributed by atoms with Crippen LogP contribution in [-0.2, 0) is 6.42 Å². The summed E-state index contributed by atoms with van der Waals surface area (Å²) in [6.07, 6.45) is 1.92. The number of aromatic nitrogens is 2. The normalized spacial score (nSPS) is 20.9. The third kappa shape index (κ3) is 3.04. The fourth-order valence-corrected chi connectivity index (χ4v) is 4.33. The van der Waals surface area contributed by atoms with Crippen molar-refractivity contribution in [2.24, 2.45) is 0 Å². The highest BCUT2D eigenvalue weighted by molar-refractivity contribution is 8.06. The maximum atomic E-state index is 11.5. The molecular weight excluding hydrogens is 240 g/mol. The van der Waals surface area contributed by atoms with Crippen LogP contribution >= 0.6 is 23.5 Å². The summed E-state index contributed by atoms with van der Waals surface area (Å²) in [6, 6.07) is 1.62. The summed E-state index contributed by atoms with van der Waals surface area (Å²) in [5.74, 6) is 4.29. The zero-order valence-electron chi connectivity index (χ0n) is 9.36. The number of H-pyrrole nitrogens is 1. The summed E-state index contributed by atoms with van der Waals surface area (Å²) >= 11 is 3.84. The number of hydrogen-bond donors (Lipinski definition) is 1. The molecule has 1 aromatic rings. The van der Waals surface area contributed by atoms with E-state index in [1.54, 1.807) is 6.07 Å². The lowest BCUT2D eigenvalue weighted by atomic mass is 10.2. The van der Waals surface area contributed by atoms with E-state index < -0.39 is 0 Å². The van der Waals surface area contributed by atoms with Crippen LogP contribution in [0.25, 0.3) is 0 Å². The lowest BCUT2D eigenvalue weighted by Crippen LogP contribution is -2.17. The van der Waals surface area contributed by atoms with Crippen molar-refractivity contribution in [2.45, 2.75) is 25.0 Å². The van der Waals surface area contributed by atoms with E-state index in [-0.39, 0.29) is 5.56 Å². The number of hydrogen-bond acceptors (Lipinski definition) is 4. The molecule has 16 heavy (non-hydrogen) atoms. The van der Waals surface area contributed by atoms with Gasteiger partial charge < -0.3 is 4.98 Å². The Bertz CT molecular complexity index is 399. The first-order valence-corrected chi connectivity index (χ1v) is 7.79. The number of nitrogens with zero attached hydrogens (tertiary/aromatic N) is 1. The molecule has 1 saturated heterocycles. The Morgan fingerprint density at radius 1 is 1.56 bits per heavy atom. The Morgan fingerprint density at radius 2 is 2.44 bits per heavy atom. The highest BCUT2D eigenvalue weighted by atomic mass is 32.2. The Labute approximate surface area is 104 Å². The van der Waals surface area contributed by atoms with E-state index in [1.165, 1.54) is 5.75 Å². The van der Waals surface area contributed by atoms with Gasteiger partial charge in [-0.25, -0.2) is 4.98 Å². The third-order valence-electron chi connectivity index (χ3n) is 2.44. The minimum absolute atomic E-state index is 0.00961. The molecule has 1 atom stereocenters. The molecule has 5 heteroatoms. The highest BCUT2D eigenvalue weighted by Gasteiger charge is 2.19. The maximum absolute atomic E-state index is 11.5. The van der Waals surface area contributed by atoms with Crippen LogP contribution in [0.3, 0.4) is 0 Å². The third-order valence-corrected chi connectivity index (χ3v) is 5.20. The van der Waals surface area contributed by atoms with E-state index in [9.17, 15) is 4.79 Å².